The van der Waals surface area contributed by atoms with E-state index in [1.54, 1.807) is 17.7 Å². The zero-order valence-electron chi connectivity index (χ0n) is 8.01. The highest BCUT2D eigenvalue weighted by atomic mass is 32.1. The second-order valence-electron chi connectivity index (χ2n) is 2.86. The summed E-state index contributed by atoms with van der Waals surface area (Å²) < 4.78 is 0. The molecule has 76 valence electrons. The molecular formula is C10H8N2OS2. The average molecular weight is 236 g/mol. The van der Waals surface area contributed by atoms with Gasteiger partial charge in [-0.3, -0.25) is 4.79 Å². The molecule has 0 radical (unpaired) electrons. The Morgan fingerprint density at radius 1 is 1.47 bits per heavy atom. The van der Waals surface area contributed by atoms with Gasteiger partial charge in [0.1, 0.15) is 5.01 Å². The first kappa shape index (κ1) is 10.2. The van der Waals surface area contributed by atoms with Gasteiger partial charge in [0, 0.05) is 22.7 Å². The number of thiazole rings is 2. The van der Waals surface area contributed by atoms with Crippen LogP contribution in [0.4, 0.5) is 0 Å². The van der Waals surface area contributed by atoms with Crippen molar-refractivity contribution in [2.75, 3.05) is 0 Å². The van der Waals surface area contributed by atoms with E-state index in [0.29, 0.717) is 5.01 Å². The number of aromatic nitrogens is 2. The molecule has 2 heterocycles. The van der Waals surface area contributed by atoms with Gasteiger partial charge in [0.15, 0.2) is 5.01 Å². The van der Waals surface area contributed by atoms with Crippen LogP contribution in [0.2, 0.25) is 0 Å². The Balaban J connectivity index is 2.09. The fourth-order valence-corrected chi connectivity index (χ4v) is 2.26. The summed E-state index contributed by atoms with van der Waals surface area (Å²) in [5, 5.41) is 5.10. The van der Waals surface area contributed by atoms with Gasteiger partial charge in [-0.1, -0.05) is 0 Å². The van der Waals surface area contributed by atoms with E-state index in [1.807, 2.05) is 12.3 Å². The van der Waals surface area contributed by atoms with Gasteiger partial charge in [-0.25, -0.2) is 9.97 Å². The summed E-state index contributed by atoms with van der Waals surface area (Å²) in [6, 6.07) is 0. The topological polar surface area (TPSA) is 42.9 Å². The van der Waals surface area contributed by atoms with Crippen molar-refractivity contribution in [3.8, 4) is 0 Å². The van der Waals surface area contributed by atoms with Crippen LogP contribution in [-0.2, 0) is 0 Å². The molecule has 2 aromatic heterocycles. The highest BCUT2D eigenvalue weighted by molar-refractivity contribution is 7.12. The first-order valence-electron chi connectivity index (χ1n) is 4.30. The largest absolute Gasteiger partial charge is 0.287 e. The van der Waals surface area contributed by atoms with E-state index in [4.69, 9.17) is 0 Å². The molecule has 3 nitrogen and oxygen atoms in total. The minimum absolute atomic E-state index is 0.0714. The highest BCUT2D eigenvalue weighted by Gasteiger charge is 2.03. The van der Waals surface area contributed by atoms with Crippen molar-refractivity contribution >= 4 is 34.5 Å². The Hall–Kier alpha value is -1.33. The summed E-state index contributed by atoms with van der Waals surface area (Å²) in [6.07, 6.45) is 4.86. The van der Waals surface area contributed by atoms with Crippen molar-refractivity contribution in [3.63, 3.8) is 0 Å². The average Bonchev–Trinajstić information content (AvgIpc) is 2.84. The van der Waals surface area contributed by atoms with Crippen LogP contribution in [0.25, 0.3) is 6.08 Å². The second kappa shape index (κ2) is 4.46. The molecule has 0 aliphatic carbocycles. The van der Waals surface area contributed by atoms with Crippen LogP contribution in [0.3, 0.4) is 0 Å². The standard InChI is InChI=1S/C10H8N2OS2/c1-7-6-15-9(12-7)3-2-8(13)10-11-4-5-14-10/h2-6H,1H3/b3-2+. The lowest BCUT2D eigenvalue weighted by molar-refractivity contribution is 0.104. The third-order valence-electron chi connectivity index (χ3n) is 1.66. The lowest BCUT2D eigenvalue weighted by atomic mass is 10.3. The number of hydrogen-bond acceptors (Lipinski definition) is 5. The van der Waals surface area contributed by atoms with Crippen molar-refractivity contribution in [1.82, 2.24) is 9.97 Å². The Labute approximate surface area is 95.1 Å². The lowest BCUT2D eigenvalue weighted by Crippen LogP contribution is -1.91. The van der Waals surface area contributed by atoms with Gasteiger partial charge in [-0.15, -0.1) is 22.7 Å². The number of rotatable bonds is 3. The van der Waals surface area contributed by atoms with E-state index in [2.05, 4.69) is 9.97 Å². The number of carbonyl (C=O) groups excluding carboxylic acids is 1. The Bertz CT molecular complexity index is 485. The monoisotopic (exact) mass is 236 g/mol. The van der Waals surface area contributed by atoms with Crippen LogP contribution < -0.4 is 0 Å². The third-order valence-corrected chi connectivity index (χ3v) is 3.37. The van der Waals surface area contributed by atoms with E-state index in [9.17, 15) is 4.79 Å². The van der Waals surface area contributed by atoms with Gasteiger partial charge in [-0.05, 0) is 19.1 Å². The smallest absolute Gasteiger partial charge is 0.214 e. The maximum atomic E-state index is 11.5. The van der Waals surface area contributed by atoms with Gasteiger partial charge in [0.25, 0.3) is 0 Å². The predicted octanol–water partition coefficient (Wildman–Crippen LogP) is 2.80. The van der Waals surface area contributed by atoms with Gasteiger partial charge in [-0.2, -0.15) is 0 Å². The van der Waals surface area contributed by atoms with Gasteiger partial charge >= 0.3 is 0 Å². The summed E-state index contributed by atoms with van der Waals surface area (Å²) in [4.78, 5) is 19.7. The number of hydrogen-bond donors (Lipinski definition) is 0. The molecule has 0 unspecified atom stereocenters. The third kappa shape index (κ3) is 2.57. The molecule has 0 saturated carbocycles. The maximum Gasteiger partial charge on any atom is 0.214 e. The van der Waals surface area contributed by atoms with Gasteiger partial charge in [0.2, 0.25) is 5.78 Å². The van der Waals surface area contributed by atoms with Gasteiger partial charge < -0.3 is 0 Å². The van der Waals surface area contributed by atoms with Crippen molar-refractivity contribution in [2.24, 2.45) is 0 Å². The fourth-order valence-electron chi connectivity index (χ4n) is 1.01. The van der Waals surface area contributed by atoms with Crippen molar-refractivity contribution < 1.29 is 4.79 Å². The van der Waals surface area contributed by atoms with Gasteiger partial charge in [0.05, 0.1) is 0 Å². The van der Waals surface area contributed by atoms with Crippen LogP contribution in [0.15, 0.2) is 23.0 Å². The van der Waals surface area contributed by atoms with E-state index in [0.717, 1.165) is 10.7 Å². The van der Waals surface area contributed by atoms with Crippen LogP contribution in [0.1, 0.15) is 20.5 Å². The summed E-state index contributed by atoms with van der Waals surface area (Å²) in [5.41, 5.74) is 0.973. The molecule has 0 bridgehead atoms. The Kier molecular flexibility index (Phi) is 3.03. The van der Waals surface area contributed by atoms with Crippen molar-refractivity contribution in [1.29, 1.82) is 0 Å². The number of allylic oxidation sites excluding steroid dienone is 1. The highest BCUT2D eigenvalue weighted by Crippen LogP contribution is 2.12. The number of carbonyl (C=O) groups is 1. The van der Waals surface area contributed by atoms with Crippen LogP contribution >= 0.6 is 22.7 Å². The number of nitrogens with zero attached hydrogens (tertiary/aromatic N) is 2. The Morgan fingerprint density at radius 2 is 2.33 bits per heavy atom. The van der Waals surface area contributed by atoms with E-state index >= 15 is 0 Å². The van der Waals surface area contributed by atoms with E-state index < -0.39 is 0 Å². The molecule has 15 heavy (non-hydrogen) atoms. The molecule has 0 aliphatic rings. The molecular weight excluding hydrogens is 228 g/mol. The van der Waals surface area contributed by atoms with Crippen LogP contribution in [0, 0.1) is 6.92 Å². The molecule has 2 rings (SSSR count). The molecule has 0 saturated heterocycles. The van der Waals surface area contributed by atoms with E-state index in [-0.39, 0.29) is 5.78 Å². The first-order valence-corrected chi connectivity index (χ1v) is 6.05. The molecule has 0 atom stereocenters. The van der Waals surface area contributed by atoms with Crippen LogP contribution in [-0.4, -0.2) is 15.8 Å². The van der Waals surface area contributed by atoms with E-state index in [1.165, 1.54) is 28.7 Å². The second-order valence-corrected chi connectivity index (χ2v) is 4.65. The molecule has 2 aromatic rings. The quantitative estimate of drug-likeness (QED) is 0.608. The summed E-state index contributed by atoms with van der Waals surface area (Å²) in [6.45, 7) is 1.93. The zero-order valence-corrected chi connectivity index (χ0v) is 9.64. The number of ketones is 1. The zero-order chi connectivity index (χ0) is 10.7. The summed E-state index contributed by atoms with van der Waals surface area (Å²) in [7, 11) is 0. The molecule has 0 amide bonds. The molecule has 0 aromatic carbocycles. The van der Waals surface area contributed by atoms with Crippen molar-refractivity contribution in [3.05, 3.63) is 38.7 Å². The predicted molar refractivity (Wildman–Crippen MR) is 62.3 cm³/mol. The molecule has 0 fully saturated rings. The first-order chi connectivity index (χ1) is 7.25. The summed E-state index contributed by atoms with van der Waals surface area (Å²) in [5.74, 6) is -0.0714. The maximum absolute atomic E-state index is 11.5. The molecule has 0 aliphatic heterocycles. The molecule has 0 spiro atoms. The minimum Gasteiger partial charge on any atom is -0.287 e. The lowest BCUT2D eigenvalue weighted by Gasteiger charge is -1.85. The molecule has 0 N–H and O–H groups in total. The van der Waals surface area contributed by atoms with Crippen molar-refractivity contribution in [2.45, 2.75) is 6.92 Å². The molecule has 5 heteroatoms. The minimum atomic E-state index is -0.0714. The SMILES string of the molecule is Cc1csc(/C=C/C(=O)c2nccs2)n1. The normalized spacial score (nSPS) is 11.0. The number of aryl methyl sites for hydroxylation is 1. The summed E-state index contributed by atoms with van der Waals surface area (Å²) >= 11 is 2.86. The van der Waals surface area contributed by atoms with Crippen LogP contribution in [0.5, 0.6) is 0 Å². The fraction of sp³-hybridized carbons (Fsp3) is 0.100. The Morgan fingerprint density at radius 3 is 2.93 bits per heavy atom.